The van der Waals surface area contributed by atoms with Gasteiger partial charge in [-0.2, -0.15) is 0 Å². The Bertz CT molecular complexity index is 429. The van der Waals surface area contributed by atoms with Crippen LogP contribution in [-0.4, -0.2) is 67.5 Å². The first-order valence-electron chi connectivity index (χ1n) is 6.35. The van der Waals surface area contributed by atoms with Crippen LogP contribution in [0.4, 0.5) is 5.82 Å². The fraction of sp³-hybridized carbons (Fsp3) is 0.538. The van der Waals surface area contributed by atoms with Crippen molar-refractivity contribution in [2.24, 2.45) is 0 Å². The largest absolute Gasteiger partial charge is 0.350 e. The average molecular weight is 283 g/mol. The lowest BCUT2D eigenvalue weighted by Gasteiger charge is -2.33. The summed E-state index contributed by atoms with van der Waals surface area (Å²) in [6.07, 6.45) is 1.59. The Hall–Kier alpha value is -1.33. The molecule has 0 radical (unpaired) electrons. The number of hydrogen-bond donors (Lipinski definition) is 0. The number of rotatable bonds is 3. The highest BCUT2D eigenvalue weighted by atomic mass is 35.5. The van der Waals surface area contributed by atoms with Gasteiger partial charge in [0, 0.05) is 39.4 Å². The maximum absolute atomic E-state index is 12.2. The van der Waals surface area contributed by atoms with Crippen LogP contribution in [0.15, 0.2) is 18.3 Å². The molecule has 19 heavy (non-hydrogen) atoms. The summed E-state index contributed by atoms with van der Waals surface area (Å²) in [7, 11) is 3.94. The minimum absolute atomic E-state index is 0.146. The van der Waals surface area contributed by atoms with Crippen molar-refractivity contribution in [2.75, 3.05) is 51.7 Å². The zero-order chi connectivity index (χ0) is 13.8. The molecule has 0 spiro atoms. The number of anilines is 1. The van der Waals surface area contributed by atoms with E-state index in [1.807, 2.05) is 22.9 Å². The number of likely N-dealkylation sites (N-methyl/N-ethyl adjacent to an activating group) is 2. The van der Waals surface area contributed by atoms with E-state index in [1.165, 1.54) is 0 Å². The molecule has 1 aromatic rings. The second-order valence-electron chi connectivity index (χ2n) is 4.87. The predicted molar refractivity (Wildman–Crippen MR) is 76.6 cm³/mol. The van der Waals surface area contributed by atoms with E-state index in [4.69, 9.17) is 11.6 Å². The first kappa shape index (κ1) is 14.1. The van der Waals surface area contributed by atoms with Crippen LogP contribution in [0.25, 0.3) is 0 Å². The van der Waals surface area contributed by atoms with Crippen LogP contribution in [0.5, 0.6) is 0 Å². The van der Waals surface area contributed by atoms with Crippen LogP contribution in [0.1, 0.15) is 0 Å². The van der Waals surface area contributed by atoms with Gasteiger partial charge in [0.2, 0.25) is 5.91 Å². The molecule has 2 rings (SSSR count). The normalized spacial score (nSPS) is 16.5. The minimum Gasteiger partial charge on any atom is -0.350 e. The van der Waals surface area contributed by atoms with Crippen LogP contribution in [0, 0.1) is 0 Å². The lowest BCUT2D eigenvalue weighted by Crippen LogP contribution is -2.49. The standard InChI is InChI=1S/C13H19ClN4O/c1-16-5-7-18(8-6-16)13(19)10-17(2)12-4-3-11(14)9-15-12/h3-4,9H,5-8,10H2,1-2H3. The molecule has 0 saturated carbocycles. The number of halogens is 1. The summed E-state index contributed by atoms with van der Waals surface area (Å²) in [5, 5.41) is 0.600. The van der Waals surface area contributed by atoms with Gasteiger partial charge in [-0.25, -0.2) is 4.98 Å². The molecule has 1 aliphatic heterocycles. The highest BCUT2D eigenvalue weighted by Gasteiger charge is 2.20. The molecule has 1 aromatic heterocycles. The Morgan fingerprint density at radius 3 is 2.63 bits per heavy atom. The van der Waals surface area contributed by atoms with Gasteiger partial charge in [-0.05, 0) is 19.2 Å². The van der Waals surface area contributed by atoms with Gasteiger partial charge in [-0.3, -0.25) is 4.79 Å². The van der Waals surface area contributed by atoms with Crippen molar-refractivity contribution in [3.05, 3.63) is 23.4 Å². The molecule has 0 atom stereocenters. The van der Waals surface area contributed by atoms with Crippen molar-refractivity contribution in [1.29, 1.82) is 0 Å². The SMILES string of the molecule is CN1CCN(C(=O)CN(C)c2ccc(Cl)cn2)CC1. The number of pyridine rings is 1. The molecule has 1 saturated heterocycles. The Morgan fingerprint density at radius 2 is 2.05 bits per heavy atom. The zero-order valence-electron chi connectivity index (χ0n) is 11.3. The van der Waals surface area contributed by atoms with Crippen LogP contribution < -0.4 is 4.90 Å². The third-order valence-corrected chi connectivity index (χ3v) is 3.55. The zero-order valence-corrected chi connectivity index (χ0v) is 12.1. The molecular formula is C13H19ClN4O. The number of carbonyl (C=O) groups is 1. The maximum atomic E-state index is 12.2. The molecule has 1 aliphatic rings. The van der Waals surface area contributed by atoms with Crippen LogP contribution in [-0.2, 0) is 4.79 Å². The van der Waals surface area contributed by atoms with E-state index in [2.05, 4.69) is 16.9 Å². The molecule has 2 heterocycles. The van der Waals surface area contributed by atoms with Crippen molar-refractivity contribution in [2.45, 2.75) is 0 Å². The third kappa shape index (κ3) is 3.81. The summed E-state index contributed by atoms with van der Waals surface area (Å²) >= 11 is 5.80. The van der Waals surface area contributed by atoms with Crippen molar-refractivity contribution in [1.82, 2.24) is 14.8 Å². The van der Waals surface area contributed by atoms with Gasteiger partial charge >= 0.3 is 0 Å². The quantitative estimate of drug-likeness (QED) is 0.827. The van der Waals surface area contributed by atoms with Gasteiger partial charge in [-0.15, -0.1) is 0 Å². The first-order chi connectivity index (χ1) is 9.06. The van der Waals surface area contributed by atoms with Gasteiger partial charge in [0.15, 0.2) is 0 Å². The molecule has 0 bridgehead atoms. The predicted octanol–water partition coefficient (Wildman–Crippen LogP) is 0.945. The smallest absolute Gasteiger partial charge is 0.242 e. The topological polar surface area (TPSA) is 39.7 Å². The Kier molecular flexibility index (Phi) is 4.61. The number of amides is 1. The molecular weight excluding hydrogens is 264 g/mol. The molecule has 1 fully saturated rings. The number of aromatic nitrogens is 1. The summed E-state index contributed by atoms with van der Waals surface area (Å²) < 4.78 is 0. The number of nitrogens with zero attached hydrogens (tertiary/aromatic N) is 4. The van der Waals surface area contributed by atoms with E-state index in [0.717, 1.165) is 32.0 Å². The van der Waals surface area contributed by atoms with E-state index >= 15 is 0 Å². The van der Waals surface area contributed by atoms with Gasteiger partial charge in [0.05, 0.1) is 11.6 Å². The summed E-state index contributed by atoms with van der Waals surface area (Å²) in [5.74, 6) is 0.902. The Balaban J connectivity index is 1.89. The lowest BCUT2D eigenvalue weighted by atomic mass is 10.3. The Labute approximate surface area is 118 Å². The van der Waals surface area contributed by atoms with Crippen LogP contribution in [0.3, 0.4) is 0 Å². The van der Waals surface area contributed by atoms with Gasteiger partial charge < -0.3 is 14.7 Å². The van der Waals surface area contributed by atoms with Crippen LogP contribution in [0.2, 0.25) is 5.02 Å². The summed E-state index contributed by atoms with van der Waals surface area (Å²) in [6, 6.07) is 3.60. The fourth-order valence-electron chi connectivity index (χ4n) is 2.03. The van der Waals surface area contributed by atoms with E-state index in [1.54, 1.807) is 12.3 Å². The first-order valence-corrected chi connectivity index (χ1v) is 6.73. The highest BCUT2D eigenvalue weighted by Crippen LogP contribution is 2.13. The van der Waals surface area contributed by atoms with Crippen molar-refractivity contribution < 1.29 is 4.79 Å². The molecule has 104 valence electrons. The maximum Gasteiger partial charge on any atom is 0.242 e. The van der Waals surface area contributed by atoms with Crippen LogP contribution >= 0.6 is 11.6 Å². The number of carbonyl (C=O) groups excluding carboxylic acids is 1. The summed E-state index contributed by atoms with van der Waals surface area (Å²) in [5.41, 5.74) is 0. The molecule has 6 heteroatoms. The second kappa shape index (κ2) is 6.21. The van der Waals surface area contributed by atoms with Gasteiger partial charge in [0.1, 0.15) is 5.82 Å². The molecule has 0 aromatic carbocycles. The fourth-order valence-corrected chi connectivity index (χ4v) is 2.15. The number of piperazine rings is 1. The highest BCUT2D eigenvalue weighted by molar-refractivity contribution is 6.30. The minimum atomic E-state index is 0.146. The number of hydrogen-bond acceptors (Lipinski definition) is 4. The van der Waals surface area contributed by atoms with Crippen molar-refractivity contribution in [3.63, 3.8) is 0 Å². The summed E-state index contributed by atoms with van der Waals surface area (Å²) in [4.78, 5) is 22.4. The van der Waals surface area contributed by atoms with E-state index < -0.39 is 0 Å². The van der Waals surface area contributed by atoms with E-state index in [0.29, 0.717) is 11.6 Å². The van der Waals surface area contributed by atoms with E-state index in [-0.39, 0.29) is 5.91 Å². The average Bonchev–Trinajstić information content (AvgIpc) is 2.40. The molecule has 0 N–H and O–H groups in total. The van der Waals surface area contributed by atoms with Crippen molar-refractivity contribution >= 4 is 23.3 Å². The molecule has 1 amide bonds. The molecule has 0 aliphatic carbocycles. The van der Waals surface area contributed by atoms with Gasteiger partial charge in [-0.1, -0.05) is 11.6 Å². The van der Waals surface area contributed by atoms with Crippen molar-refractivity contribution in [3.8, 4) is 0 Å². The lowest BCUT2D eigenvalue weighted by molar-refractivity contribution is -0.131. The Morgan fingerprint density at radius 1 is 1.37 bits per heavy atom. The van der Waals surface area contributed by atoms with E-state index in [9.17, 15) is 4.79 Å². The molecule has 0 unspecified atom stereocenters. The molecule has 5 nitrogen and oxygen atoms in total. The monoisotopic (exact) mass is 282 g/mol. The second-order valence-corrected chi connectivity index (χ2v) is 5.31. The summed E-state index contributed by atoms with van der Waals surface area (Å²) in [6.45, 7) is 3.83. The third-order valence-electron chi connectivity index (χ3n) is 3.33. The van der Waals surface area contributed by atoms with Gasteiger partial charge in [0.25, 0.3) is 0 Å².